The van der Waals surface area contributed by atoms with Gasteiger partial charge in [0, 0.05) is 18.0 Å². The van der Waals surface area contributed by atoms with Crippen molar-refractivity contribution >= 4 is 26.9 Å². The summed E-state index contributed by atoms with van der Waals surface area (Å²) in [6.07, 6.45) is 2.11. The molecule has 0 saturated carbocycles. The zero-order valence-corrected chi connectivity index (χ0v) is 16.2. The van der Waals surface area contributed by atoms with E-state index in [0.29, 0.717) is 17.7 Å². The van der Waals surface area contributed by atoms with E-state index in [2.05, 4.69) is 0 Å². The van der Waals surface area contributed by atoms with Crippen LogP contribution in [0.5, 0.6) is 5.75 Å². The van der Waals surface area contributed by atoms with E-state index < -0.39 is 10.0 Å². The van der Waals surface area contributed by atoms with Crippen molar-refractivity contribution in [2.75, 3.05) is 14.2 Å². The highest BCUT2D eigenvalue weighted by atomic mass is 32.2. The van der Waals surface area contributed by atoms with Gasteiger partial charge in [0.25, 0.3) is 10.0 Å². The van der Waals surface area contributed by atoms with Crippen molar-refractivity contribution in [3.63, 3.8) is 0 Å². The molecule has 0 amide bonds. The molecule has 3 aromatic rings. The Balaban J connectivity index is 2.16. The van der Waals surface area contributed by atoms with Crippen LogP contribution in [0.15, 0.2) is 53.6 Å². The van der Waals surface area contributed by atoms with E-state index in [9.17, 15) is 13.2 Å². The maximum atomic E-state index is 13.2. The van der Waals surface area contributed by atoms with Gasteiger partial charge in [0.2, 0.25) is 0 Å². The minimum atomic E-state index is -3.77. The highest BCUT2D eigenvalue weighted by molar-refractivity contribution is 7.90. The summed E-state index contributed by atoms with van der Waals surface area (Å²) in [5, 5.41) is 0.731. The van der Waals surface area contributed by atoms with Crippen molar-refractivity contribution in [1.82, 2.24) is 3.97 Å². The third kappa shape index (κ3) is 3.68. The van der Waals surface area contributed by atoms with Crippen LogP contribution in [0.2, 0.25) is 0 Å². The second-order valence-corrected chi connectivity index (χ2v) is 8.05. The smallest absolute Gasteiger partial charge is 0.305 e. The first kappa shape index (κ1) is 19.0. The molecule has 0 saturated heterocycles. The van der Waals surface area contributed by atoms with Crippen LogP contribution in [0.1, 0.15) is 17.5 Å². The molecule has 142 valence electrons. The molecule has 2 aromatic carbocycles. The first-order valence-corrected chi connectivity index (χ1v) is 9.88. The molecule has 6 nitrogen and oxygen atoms in total. The third-order valence-corrected chi connectivity index (χ3v) is 6.10. The van der Waals surface area contributed by atoms with Crippen molar-refractivity contribution in [3.8, 4) is 5.75 Å². The summed E-state index contributed by atoms with van der Waals surface area (Å²) >= 11 is 0. The van der Waals surface area contributed by atoms with Crippen LogP contribution >= 0.6 is 0 Å². The van der Waals surface area contributed by atoms with Crippen LogP contribution in [0.3, 0.4) is 0 Å². The lowest BCUT2D eigenvalue weighted by Gasteiger charge is -2.08. The Bertz CT molecular complexity index is 1100. The van der Waals surface area contributed by atoms with Gasteiger partial charge in [-0.15, -0.1) is 0 Å². The normalized spacial score (nSPS) is 11.5. The van der Waals surface area contributed by atoms with Crippen LogP contribution in [-0.2, 0) is 26.0 Å². The number of methoxy groups -OCH3 is 2. The number of hydrogen-bond donors (Lipinski definition) is 0. The van der Waals surface area contributed by atoms with Gasteiger partial charge in [-0.05, 0) is 54.8 Å². The average molecular weight is 387 g/mol. The van der Waals surface area contributed by atoms with E-state index in [-0.39, 0.29) is 17.3 Å². The molecular weight excluding hydrogens is 366 g/mol. The molecule has 0 spiro atoms. The fourth-order valence-corrected chi connectivity index (χ4v) is 4.50. The van der Waals surface area contributed by atoms with Gasteiger partial charge in [-0.2, -0.15) is 0 Å². The summed E-state index contributed by atoms with van der Waals surface area (Å²) in [7, 11) is -0.890. The Hall–Kier alpha value is -2.80. The second kappa shape index (κ2) is 7.44. The molecule has 7 heteroatoms. The predicted molar refractivity (Wildman–Crippen MR) is 103 cm³/mol. The first-order chi connectivity index (χ1) is 12.9. The minimum Gasteiger partial charge on any atom is -0.497 e. The van der Waals surface area contributed by atoms with Gasteiger partial charge in [-0.1, -0.05) is 12.1 Å². The Morgan fingerprint density at radius 1 is 1.11 bits per heavy atom. The maximum Gasteiger partial charge on any atom is 0.305 e. The molecule has 0 atom stereocenters. The fraction of sp³-hybridized carbons (Fsp3) is 0.250. The van der Waals surface area contributed by atoms with Crippen LogP contribution in [0, 0.1) is 6.92 Å². The lowest BCUT2D eigenvalue weighted by atomic mass is 10.1. The number of carbonyl (C=O) groups excluding carboxylic acids is 1. The van der Waals surface area contributed by atoms with Crippen LogP contribution in [0.4, 0.5) is 0 Å². The summed E-state index contributed by atoms with van der Waals surface area (Å²) in [6, 6.07) is 12.0. The fourth-order valence-electron chi connectivity index (χ4n) is 3.00. The number of esters is 1. The Labute approximate surface area is 158 Å². The Kier molecular flexibility index (Phi) is 5.23. The van der Waals surface area contributed by atoms with Gasteiger partial charge in [-0.25, -0.2) is 12.4 Å². The summed E-state index contributed by atoms with van der Waals surface area (Å²) in [5.41, 5.74) is 2.14. The number of benzene rings is 2. The van der Waals surface area contributed by atoms with Gasteiger partial charge >= 0.3 is 5.97 Å². The number of aromatic nitrogens is 1. The molecule has 27 heavy (non-hydrogen) atoms. The maximum absolute atomic E-state index is 13.2. The van der Waals surface area contributed by atoms with E-state index in [1.54, 1.807) is 49.7 Å². The van der Waals surface area contributed by atoms with Gasteiger partial charge < -0.3 is 9.47 Å². The summed E-state index contributed by atoms with van der Waals surface area (Å²) in [4.78, 5) is 11.8. The molecule has 0 aliphatic rings. The van der Waals surface area contributed by atoms with Crippen molar-refractivity contribution in [2.45, 2.75) is 24.7 Å². The first-order valence-electron chi connectivity index (χ1n) is 8.44. The molecule has 0 aliphatic carbocycles. The number of hydrogen-bond acceptors (Lipinski definition) is 5. The summed E-state index contributed by atoms with van der Waals surface area (Å²) in [6.45, 7) is 1.85. The van der Waals surface area contributed by atoms with Crippen molar-refractivity contribution in [2.24, 2.45) is 0 Å². The Morgan fingerprint density at radius 3 is 2.56 bits per heavy atom. The molecule has 1 aromatic heterocycles. The standard InChI is InChI=1S/C20H21NO5S/c1-14-5-4-6-17(11-14)27(23,24)21-13-15(7-10-20(22)26-3)18-12-16(25-2)8-9-19(18)21/h4-6,8-9,11-13H,7,10H2,1-3H3. The number of rotatable bonds is 6. The SMILES string of the molecule is COC(=O)CCc1cn(S(=O)(=O)c2cccc(C)c2)c2ccc(OC)cc12. The molecule has 3 rings (SSSR count). The molecule has 0 bridgehead atoms. The molecule has 0 radical (unpaired) electrons. The number of ether oxygens (including phenoxy) is 2. The third-order valence-electron chi connectivity index (χ3n) is 4.43. The van der Waals surface area contributed by atoms with E-state index >= 15 is 0 Å². The zero-order chi connectivity index (χ0) is 19.6. The molecule has 0 aliphatic heterocycles. The van der Waals surface area contributed by atoms with E-state index in [4.69, 9.17) is 9.47 Å². The van der Waals surface area contributed by atoms with Gasteiger partial charge in [0.15, 0.2) is 0 Å². The molecule has 0 fully saturated rings. The van der Waals surface area contributed by atoms with E-state index in [1.807, 2.05) is 13.0 Å². The minimum absolute atomic E-state index is 0.164. The molecular formula is C20H21NO5S. The van der Waals surface area contributed by atoms with Crippen LogP contribution in [-0.4, -0.2) is 32.6 Å². The number of fused-ring (bicyclic) bond motifs is 1. The quantitative estimate of drug-likeness (QED) is 0.607. The topological polar surface area (TPSA) is 74.6 Å². The van der Waals surface area contributed by atoms with Gasteiger partial charge in [0.1, 0.15) is 5.75 Å². The Morgan fingerprint density at radius 2 is 1.89 bits per heavy atom. The summed E-state index contributed by atoms with van der Waals surface area (Å²) < 4.78 is 37.6. The van der Waals surface area contributed by atoms with Crippen molar-refractivity contribution < 1.29 is 22.7 Å². The van der Waals surface area contributed by atoms with Crippen molar-refractivity contribution in [3.05, 3.63) is 59.8 Å². The van der Waals surface area contributed by atoms with E-state index in [0.717, 1.165) is 16.5 Å². The lowest BCUT2D eigenvalue weighted by Crippen LogP contribution is -2.12. The highest BCUT2D eigenvalue weighted by Gasteiger charge is 2.22. The molecule has 0 N–H and O–H groups in total. The average Bonchev–Trinajstić information content (AvgIpc) is 3.04. The number of carbonyl (C=O) groups is 1. The van der Waals surface area contributed by atoms with Gasteiger partial charge in [0.05, 0.1) is 24.6 Å². The number of aryl methyl sites for hydroxylation is 2. The lowest BCUT2D eigenvalue weighted by molar-refractivity contribution is -0.140. The monoisotopic (exact) mass is 387 g/mol. The van der Waals surface area contributed by atoms with Crippen LogP contribution in [0.25, 0.3) is 10.9 Å². The highest BCUT2D eigenvalue weighted by Crippen LogP contribution is 2.30. The second-order valence-electron chi connectivity index (χ2n) is 6.23. The van der Waals surface area contributed by atoms with Gasteiger partial charge in [-0.3, -0.25) is 4.79 Å². The van der Waals surface area contributed by atoms with Crippen molar-refractivity contribution in [1.29, 1.82) is 0 Å². The largest absolute Gasteiger partial charge is 0.497 e. The summed E-state index contributed by atoms with van der Waals surface area (Å²) in [5.74, 6) is 0.271. The van der Waals surface area contributed by atoms with Crippen LogP contribution < -0.4 is 4.74 Å². The zero-order valence-electron chi connectivity index (χ0n) is 15.4. The van der Waals surface area contributed by atoms with E-state index in [1.165, 1.54) is 11.1 Å². The number of nitrogens with zero attached hydrogens (tertiary/aromatic N) is 1. The predicted octanol–water partition coefficient (Wildman–Crippen LogP) is 3.30. The molecule has 1 heterocycles. The molecule has 0 unspecified atom stereocenters.